The number of fused-ring (bicyclic) bond motifs is 1. The summed E-state index contributed by atoms with van der Waals surface area (Å²) in [6.07, 6.45) is 0. The molecule has 92 valence electrons. The lowest BCUT2D eigenvalue weighted by Gasteiger charge is -2.07. The maximum absolute atomic E-state index is 5.48. The van der Waals surface area contributed by atoms with Crippen molar-refractivity contribution >= 4 is 5.84 Å². The quantitative estimate of drug-likeness (QED) is 0.263. The Labute approximate surface area is 101 Å². The Hall–Kier alpha value is -1.43. The second kappa shape index (κ2) is 5.77. The van der Waals surface area contributed by atoms with Crippen molar-refractivity contribution < 1.29 is 9.47 Å². The molecule has 1 aliphatic heterocycles. The molecular formula is C12H17N3O2. The van der Waals surface area contributed by atoms with Crippen LogP contribution in [0.3, 0.4) is 0 Å². The molecule has 17 heavy (non-hydrogen) atoms. The second-order valence-corrected chi connectivity index (χ2v) is 3.84. The van der Waals surface area contributed by atoms with E-state index in [-0.39, 0.29) is 0 Å². The molecule has 5 heteroatoms. The minimum absolute atomic E-state index is 0.583. The lowest BCUT2D eigenvalue weighted by atomic mass is 10.1. The molecule has 3 N–H and O–H groups in total. The summed E-state index contributed by atoms with van der Waals surface area (Å²) in [4.78, 5) is 4.34. The molecule has 0 aromatic heterocycles. The Morgan fingerprint density at radius 1 is 1.47 bits per heavy atom. The van der Waals surface area contributed by atoms with Gasteiger partial charge in [-0.25, -0.2) is 5.84 Å². The van der Waals surface area contributed by atoms with Crippen LogP contribution < -0.4 is 11.3 Å². The molecule has 5 nitrogen and oxygen atoms in total. The highest BCUT2D eigenvalue weighted by molar-refractivity contribution is 5.98. The van der Waals surface area contributed by atoms with E-state index in [1.807, 2.05) is 6.07 Å². The fraction of sp³-hybridized carbons (Fsp3) is 0.417. The summed E-state index contributed by atoms with van der Waals surface area (Å²) < 4.78 is 10.3. The topological polar surface area (TPSA) is 68.9 Å². The summed E-state index contributed by atoms with van der Waals surface area (Å²) in [6, 6.07) is 6.12. The molecule has 0 aliphatic carbocycles. The van der Waals surface area contributed by atoms with Gasteiger partial charge in [-0.2, -0.15) is 0 Å². The van der Waals surface area contributed by atoms with Crippen molar-refractivity contribution in [3.05, 3.63) is 34.9 Å². The van der Waals surface area contributed by atoms with Crippen LogP contribution in [0.25, 0.3) is 0 Å². The first-order chi connectivity index (χ1) is 8.35. The predicted octanol–water partition coefficient (Wildman–Crippen LogP) is 0.573. The van der Waals surface area contributed by atoms with Gasteiger partial charge in [0.05, 0.1) is 26.4 Å². The number of hydrogen-bond donors (Lipinski definition) is 2. The highest BCUT2D eigenvalue weighted by Crippen LogP contribution is 2.20. The van der Waals surface area contributed by atoms with Crippen LogP contribution in [0.1, 0.15) is 16.7 Å². The molecule has 1 aromatic rings. The molecule has 0 amide bonds. The number of nitrogens with one attached hydrogen (secondary N) is 1. The highest BCUT2D eigenvalue weighted by atomic mass is 16.5. The van der Waals surface area contributed by atoms with Crippen LogP contribution in [-0.2, 0) is 22.7 Å². The number of ether oxygens (including phenoxy) is 2. The highest BCUT2D eigenvalue weighted by Gasteiger charge is 2.12. The van der Waals surface area contributed by atoms with Crippen molar-refractivity contribution in [2.45, 2.75) is 13.2 Å². The summed E-state index contributed by atoms with van der Waals surface area (Å²) >= 11 is 0. The first kappa shape index (κ1) is 12.0. The van der Waals surface area contributed by atoms with Crippen LogP contribution in [0, 0.1) is 0 Å². The zero-order valence-electron chi connectivity index (χ0n) is 9.90. The van der Waals surface area contributed by atoms with Crippen molar-refractivity contribution in [2.24, 2.45) is 10.8 Å². The fourth-order valence-corrected chi connectivity index (χ4v) is 1.79. The molecule has 0 bridgehead atoms. The minimum atomic E-state index is 0.583. The van der Waals surface area contributed by atoms with Gasteiger partial charge in [-0.3, -0.25) is 4.99 Å². The summed E-state index contributed by atoms with van der Waals surface area (Å²) in [6.45, 7) is 2.53. The Morgan fingerprint density at radius 2 is 2.29 bits per heavy atom. The van der Waals surface area contributed by atoms with Gasteiger partial charge in [0, 0.05) is 12.7 Å². The van der Waals surface area contributed by atoms with Gasteiger partial charge in [-0.05, 0) is 17.2 Å². The van der Waals surface area contributed by atoms with Crippen molar-refractivity contribution in [1.29, 1.82) is 0 Å². The molecule has 1 heterocycles. The van der Waals surface area contributed by atoms with Crippen molar-refractivity contribution in [3.63, 3.8) is 0 Å². The Balaban J connectivity index is 2.16. The van der Waals surface area contributed by atoms with Gasteiger partial charge in [0.2, 0.25) is 0 Å². The molecule has 0 saturated carbocycles. The molecule has 0 spiro atoms. The van der Waals surface area contributed by atoms with Crippen LogP contribution >= 0.6 is 0 Å². The lowest BCUT2D eigenvalue weighted by molar-refractivity contribution is 0.134. The summed E-state index contributed by atoms with van der Waals surface area (Å²) in [5.74, 6) is 6.16. The van der Waals surface area contributed by atoms with E-state index in [0.717, 1.165) is 5.56 Å². The van der Waals surface area contributed by atoms with Crippen LogP contribution in [0.2, 0.25) is 0 Å². The number of nitrogens with two attached hydrogens (primary N) is 1. The zero-order valence-corrected chi connectivity index (χ0v) is 9.90. The molecule has 2 rings (SSSR count). The third-order valence-electron chi connectivity index (χ3n) is 2.70. The number of benzene rings is 1. The van der Waals surface area contributed by atoms with E-state index in [9.17, 15) is 0 Å². The monoisotopic (exact) mass is 235 g/mol. The van der Waals surface area contributed by atoms with E-state index < -0.39 is 0 Å². The molecule has 0 unspecified atom stereocenters. The number of methoxy groups -OCH3 is 1. The Bertz CT molecular complexity index is 418. The third-order valence-corrected chi connectivity index (χ3v) is 2.70. The molecular weight excluding hydrogens is 218 g/mol. The molecule has 0 saturated heterocycles. The summed E-state index contributed by atoms with van der Waals surface area (Å²) in [7, 11) is 1.65. The molecule has 0 atom stereocenters. The summed E-state index contributed by atoms with van der Waals surface area (Å²) in [5.41, 5.74) is 6.05. The maximum atomic E-state index is 5.48. The second-order valence-electron chi connectivity index (χ2n) is 3.84. The number of hydrogen-bond acceptors (Lipinski definition) is 4. The Morgan fingerprint density at radius 3 is 3.06 bits per heavy atom. The SMILES string of the molecule is COCCN=C(NN)c1ccc2c(c1)COC2. The van der Waals surface area contributed by atoms with E-state index >= 15 is 0 Å². The van der Waals surface area contributed by atoms with Gasteiger partial charge in [-0.15, -0.1) is 0 Å². The average Bonchev–Trinajstić information content (AvgIpc) is 2.82. The lowest BCUT2D eigenvalue weighted by Crippen LogP contribution is -2.31. The smallest absolute Gasteiger partial charge is 0.142 e. The zero-order chi connectivity index (χ0) is 12.1. The third kappa shape index (κ3) is 2.82. The number of rotatable bonds is 4. The van der Waals surface area contributed by atoms with Gasteiger partial charge in [0.1, 0.15) is 5.84 Å². The van der Waals surface area contributed by atoms with Gasteiger partial charge in [0.15, 0.2) is 0 Å². The largest absolute Gasteiger partial charge is 0.383 e. The van der Waals surface area contributed by atoms with Gasteiger partial charge in [0.25, 0.3) is 0 Å². The number of amidine groups is 1. The summed E-state index contributed by atoms with van der Waals surface area (Å²) in [5, 5.41) is 0. The average molecular weight is 235 g/mol. The minimum Gasteiger partial charge on any atom is -0.383 e. The molecule has 1 aliphatic rings. The number of nitrogens with zero attached hydrogens (tertiary/aromatic N) is 1. The van der Waals surface area contributed by atoms with E-state index in [4.69, 9.17) is 15.3 Å². The van der Waals surface area contributed by atoms with Gasteiger partial charge in [-0.1, -0.05) is 12.1 Å². The van der Waals surface area contributed by atoms with E-state index in [1.165, 1.54) is 11.1 Å². The number of hydrazine groups is 1. The normalized spacial score (nSPS) is 14.8. The van der Waals surface area contributed by atoms with Crippen LogP contribution in [0.5, 0.6) is 0 Å². The fourth-order valence-electron chi connectivity index (χ4n) is 1.79. The van der Waals surface area contributed by atoms with E-state index in [2.05, 4.69) is 22.6 Å². The maximum Gasteiger partial charge on any atom is 0.142 e. The Kier molecular flexibility index (Phi) is 4.08. The van der Waals surface area contributed by atoms with Crippen LogP contribution in [-0.4, -0.2) is 26.1 Å². The van der Waals surface area contributed by atoms with Crippen molar-refractivity contribution in [1.82, 2.24) is 5.43 Å². The number of aliphatic imine (C=N–C) groups is 1. The van der Waals surface area contributed by atoms with Gasteiger partial charge >= 0.3 is 0 Å². The van der Waals surface area contributed by atoms with E-state index in [1.54, 1.807) is 7.11 Å². The van der Waals surface area contributed by atoms with Crippen LogP contribution in [0.15, 0.2) is 23.2 Å². The molecule has 0 radical (unpaired) electrons. The van der Waals surface area contributed by atoms with Crippen molar-refractivity contribution in [3.8, 4) is 0 Å². The first-order valence-electron chi connectivity index (χ1n) is 5.55. The predicted molar refractivity (Wildman–Crippen MR) is 65.5 cm³/mol. The van der Waals surface area contributed by atoms with E-state index in [0.29, 0.717) is 32.2 Å². The van der Waals surface area contributed by atoms with Crippen molar-refractivity contribution in [2.75, 3.05) is 20.3 Å². The standard InChI is InChI=1S/C12H17N3O2/c1-16-5-4-14-12(15-13)9-2-3-10-7-17-8-11(10)6-9/h2-3,6H,4-5,7-8,13H2,1H3,(H,14,15). The first-order valence-corrected chi connectivity index (χ1v) is 5.55. The van der Waals surface area contributed by atoms with Gasteiger partial charge < -0.3 is 14.9 Å². The molecule has 0 fully saturated rings. The molecule has 1 aromatic carbocycles. The van der Waals surface area contributed by atoms with Crippen LogP contribution in [0.4, 0.5) is 0 Å².